The van der Waals surface area contributed by atoms with Gasteiger partial charge in [-0.15, -0.1) is 0 Å². The molecule has 0 saturated carbocycles. The van der Waals surface area contributed by atoms with E-state index >= 15 is 0 Å². The van der Waals surface area contributed by atoms with Gasteiger partial charge in [-0.2, -0.15) is 0 Å². The maximum absolute atomic E-state index is 12.8. The van der Waals surface area contributed by atoms with E-state index in [4.69, 9.17) is 14.2 Å². The topological polar surface area (TPSA) is 160 Å². The summed E-state index contributed by atoms with van der Waals surface area (Å²) in [5.41, 5.74) is -0.493. The van der Waals surface area contributed by atoms with Crippen LogP contribution in [0.5, 0.6) is 34.5 Å². The molecular formula is C26H18O10. The fraction of sp³-hybridized carbons (Fsp3) is 0.0385. The molecule has 0 radical (unpaired) electrons. The van der Waals surface area contributed by atoms with Crippen molar-refractivity contribution in [3.8, 4) is 34.5 Å². The molecule has 0 atom stereocenters. The van der Waals surface area contributed by atoms with Crippen molar-refractivity contribution in [3.05, 3.63) is 83.4 Å². The summed E-state index contributed by atoms with van der Waals surface area (Å²) in [4.78, 5) is 38.1. The first-order chi connectivity index (χ1) is 17.2. The lowest BCUT2D eigenvalue weighted by molar-refractivity contribution is 0.0590. The molecule has 10 heteroatoms. The van der Waals surface area contributed by atoms with Gasteiger partial charge in [-0.25, -0.2) is 14.4 Å². The van der Waals surface area contributed by atoms with Crippen LogP contribution in [0, 0.1) is 0 Å². The lowest BCUT2D eigenvalue weighted by Crippen LogP contribution is -2.14. The number of methoxy groups -OCH3 is 1. The van der Waals surface area contributed by atoms with Crippen LogP contribution in [-0.2, 0) is 4.74 Å². The van der Waals surface area contributed by atoms with E-state index in [1.165, 1.54) is 30.3 Å². The Labute approximate surface area is 203 Å². The fourth-order valence-corrected chi connectivity index (χ4v) is 3.44. The first-order valence-electron chi connectivity index (χ1n) is 10.3. The van der Waals surface area contributed by atoms with Crippen LogP contribution in [0.25, 0.3) is 10.8 Å². The fourth-order valence-electron chi connectivity index (χ4n) is 3.44. The van der Waals surface area contributed by atoms with Gasteiger partial charge in [-0.3, -0.25) is 0 Å². The molecule has 182 valence electrons. The van der Waals surface area contributed by atoms with Crippen molar-refractivity contribution in [1.29, 1.82) is 0 Å². The van der Waals surface area contributed by atoms with Crippen molar-refractivity contribution in [2.24, 2.45) is 0 Å². The minimum atomic E-state index is -1.02. The zero-order valence-corrected chi connectivity index (χ0v) is 18.6. The van der Waals surface area contributed by atoms with Crippen LogP contribution in [-0.4, -0.2) is 45.4 Å². The molecule has 0 spiro atoms. The first kappa shape index (κ1) is 23.9. The minimum Gasteiger partial charge on any atom is -0.508 e. The number of rotatable bonds is 5. The van der Waals surface area contributed by atoms with Gasteiger partial charge in [0.1, 0.15) is 17.1 Å². The van der Waals surface area contributed by atoms with Crippen LogP contribution in [0.1, 0.15) is 31.1 Å². The van der Waals surface area contributed by atoms with E-state index in [9.17, 15) is 34.8 Å². The quantitative estimate of drug-likeness (QED) is 0.184. The molecule has 0 unspecified atom stereocenters. The van der Waals surface area contributed by atoms with Crippen LogP contribution in [0.4, 0.5) is 0 Å². The number of phenolic OH excluding ortho intramolecular Hbond substituents is 4. The molecule has 0 aliphatic carbocycles. The SMILES string of the molecule is COC(=O)c1cc(OC(=O)c2cc(O)c(O)c(O)c2)c2ccccc2c1OC(=O)c1cccc(O)c1. The summed E-state index contributed by atoms with van der Waals surface area (Å²) in [5, 5.41) is 39.1. The van der Waals surface area contributed by atoms with Gasteiger partial charge in [0.05, 0.1) is 18.2 Å². The predicted octanol–water partition coefficient (Wildman–Crippen LogP) is 3.89. The van der Waals surface area contributed by atoms with Crippen LogP contribution in [0.15, 0.2) is 66.7 Å². The Morgan fingerprint density at radius 3 is 1.94 bits per heavy atom. The van der Waals surface area contributed by atoms with E-state index in [-0.39, 0.29) is 44.7 Å². The van der Waals surface area contributed by atoms with Crippen molar-refractivity contribution in [2.45, 2.75) is 0 Å². The summed E-state index contributed by atoms with van der Waals surface area (Å²) in [5.74, 6) is -5.49. The molecule has 0 fully saturated rings. The molecule has 36 heavy (non-hydrogen) atoms. The van der Waals surface area contributed by atoms with E-state index in [1.54, 1.807) is 18.2 Å². The van der Waals surface area contributed by atoms with Gasteiger partial charge in [0.2, 0.25) is 0 Å². The molecule has 0 heterocycles. The van der Waals surface area contributed by atoms with E-state index < -0.39 is 35.2 Å². The Bertz CT molecular complexity index is 1500. The Kier molecular flexibility index (Phi) is 6.34. The summed E-state index contributed by atoms with van der Waals surface area (Å²) in [6.45, 7) is 0. The first-order valence-corrected chi connectivity index (χ1v) is 10.3. The van der Waals surface area contributed by atoms with Crippen LogP contribution in [0.2, 0.25) is 0 Å². The van der Waals surface area contributed by atoms with Crippen LogP contribution in [0.3, 0.4) is 0 Å². The maximum atomic E-state index is 12.8. The van der Waals surface area contributed by atoms with Gasteiger partial charge in [0.25, 0.3) is 0 Å². The van der Waals surface area contributed by atoms with Gasteiger partial charge in [0, 0.05) is 10.8 Å². The average molecular weight is 490 g/mol. The highest BCUT2D eigenvalue weighted by Gasteiger charge is 2.25. The monoisotopic (exact) mass is 490 g/mol. The Balaban J connectivity index is 1.81. The number of carbonyl (C=O) groups excluding carboxylic acids is 3. The number of aromatic hydroxyl groups is 4. The molecular weight excluding hydrogens is 472 g/mol. The number of fused-ring (bicyclic) bond motifs is 1. The number of phenols is 4. The predicted molar refractivity (Wildman–Crippen MR) is 125 cm³/mol. The number of benzene rings is 4. The number of hydrogen-bond donors (Lipinski definition) is 4. The molecule has 4 aromatic rings. The Morgan fingerprint density at radius 1 is 0.667 bits per heavy atom. The number of hydrogen-bond acceptors (Lipinski definition) is 10. The molecule has 4 N–H and O–H groups in total. The molecule has 0 amide bonds. The molecule has 4 rings (SSSR count). The third-order valence-electron chi connectivity index (χ3n) is 5.15. The second-order valence-electron chi connectivity index (χ2n) is 7.48. The molecule has 0 aliphatic heterocycles. The van der Waals surface area contributed by atoms with Crippen molar-refractivity contribution < 1.29 is 49.0 Å². The van der Waals surface area contributed by atoms with E-state index in [2.05, 4.69) is 0 Å². The summed E-state index contributed by atoms with van der Waals surface area (Å²) < 4.78 is 15.8. The molecule has 0 bridgehead atoms. The smallest absolute Gasteiger partial charge is 0.343 e. The van der Waals surface area contributed by atoms with Gasteiger partial charge in [0.15, 0.2) is 23.0 Å². The molecule has 0 aliphatic rings. The van der Waals surface area contributed by atoms with Crippen molar-refractivity contribution >= 4 is 28.7 Å². The van der Waals surface area contributed by atoms with Gasteiger partial charge >= 0.3 is 17.9 Å². The normalized spacial score (nSPS) is 10.6. The minimum absolute atomic E-state index is 0.0253. The molecule has 10 nitrogen and oxygen atoms in total. The molecule has 0 saturated heterocycles. The number of carbonyl (C=O) groups is 3. The lowest BCUT2D eigenvalue weighted by atomic mass is 10.0. The molecule has 0 aromatic heterocycles. The van der Waals surface area contributed by atoms with E-state index in [0.717, 1.165) is 25.3 Å². The zero-order chi connectivity index (χ0) is 26.0. The third kappa shape index (κ3) is 4.55. The Hall–Kier alpha value is -5.25. The standard InChI is InChI=1S/C26H18O10/c1-34-26(33)18-12-21(35-25(32)14-10-19(28)22(30)20(29)11-14)16-7-2-3-8-17(16)23(18)36-24(31)13-5-4-6-15(27)9-13/h2-12,27-30H,1H3. The van der Waals surface area contributed by atoms with Crippen LogP contribution >= 0.6 is 0 Å². The van der Waals surface area contributed by atoms with Crippen molar-refractivity contribution in [3.63, 3.8) is 0 Å². The maximum Gasteiger partial charge on any atom is 0.343 e. The molecule has 4 aromatic carbocycles. The van der Waals surface area contributed by atoms with Crippen molar-refractivity contribution in [2.75, 3.05) is 7.11 Å². The van der Waals surface area contributed by atoms with E-state index in [1.807, 2.05) is 0 Å². The Morgan fingerprint density at radius 2 is 1.31 bits per heavy atom. The highest BCUT2D eigenvalue weighted by molar-refractivity contribution is 6.07. The summed E-state index contributed by atoms with van der Waals surface area (Å²) in [6, 6.07) is 14.7. The third-order valence-corrected chi connectivity index (χ3v) is 5.15. The second kappa shape index (κ2) is 9.55. The van der Waals surface area contributed by atoms with Crippen molar-refractivity contribution in [1.82, 2.24) is 0 Å². The average Bonchev–Trinajstić information content (AvgIpc) is 2.87. The highest BCUT2D eigenvalue weighted by atomic mass is 16.6. The van der Waals surface area contributed by atoms with Crippen LogP contribution < -0.4 is 9.47 Å². The van der Waals surface area contributed by atoms with Gasteiger partial charge in [-0.05, 0) is 36.4 Å². The second-order valence-corrected chi connectivity index (χ2v) is 7.48. The van der Waals surface area contributed by atoms with Gasteiger partial charge in [-0.1, -0.05) is 30.3 Å². The number of ether oxygens (including phenoxy) is 3. The lowest BCUT2D eigenvalue weighted by Gasteiger charge is -2.16. The summed E-state index contributed by atoms with van der Waals surface area (Å²) in [6.07, 6.45) is 0. The van der Waals surface area contributed by atoms with E-state index in [0.29, 0.717) is 0 Å². The summed E-state index contributed by atoms with van der Waals surface area (Å²) >= 11 is 0. The highest BCUT2D eigenvalue weighted by Crippen LogP contribution is 2.39. The zero-order valence-electron chi connectivity index (χ0n) is 18.6. The number of esters is 3. The largest absolute Gasteiger partial charge is 0.508 e. The summed E-state index contributed by atoms with van der Waals surface area (Å²) in [7, 11) is 1.12. The van der Waals surface area contributed by atoms with Gasteiger partial charge < -0.3 is 34.6 Å².